The van der Waals surface area contributed by atoms with Gasteiger partial charge in [-0.2, -0.15) is 0 Å². The molecule has 0 spiro atoms. The highest BCUT2D eigenvalue weighted by Gasteiger charge is 1.89. The first-order valence-electron chi connectivity index (χ1n) is 6.84. The van der Waals surface area contributed by atoms with Crippen molar-refractivity contribution in [3.8, 4) is 23.7 Å². The fraction of sp³-hybridized carbons (Fsp3) is 0.333. The lowest BCUT2D eigenvalue weighted by Gasteiger charge is -1.93. The van der Waals surface area contributed by atoms with Crippen molar-refractivity contribution in [3.63, 3.8) is 0 Å². The number of hydrogen-bond donors (Lipinski definition) is 1. The third-order valence-electron chi connectivity index (χ3n) is 2.68. The molecule has 19 heavy (non-hydrogen) atoms. The Hall–Kier alpha value is -2.12. The van der Waals surface area contributed by atoms with Gasteiger partial charge in [-0.1, -0.05) is 62.0 Å². The molecule has 0 unspecified atom stereocenters. The zero-order chi connectivity index (χ0) is 13.8. The quantitative estimate of drug-likeness (QED) is 0.485. The zero-order valence-electron chi connectivity index (χ0n) is 11.6. The van der Waals surface area contributed by atoms with Crippen LogP contribution in [0.5, 0.6) is 0 Å². The molecule has 0 atom stereocenters. The molecule has 98 valence electrons. The minimum Gasteiger partial charge on any atom is -0.398 e. The van der Waals surface area contributed by atoms with E-state index in [0.717, 1.165) is 12.0 Å². The molecule has 0 heterocycles. The highest BCUT2D eigenvalue weighted by atomic mass is 14.5. The maximum Gasteiger partial charge on any atom is 0.0478 e. The standard InChI is InChI=1S/C18H21N/c1-2-3-4-5-6-7-8-9-10-11-14-17-15-12-13-16-18(17)19/h9-10,12-13,15-16H,2-6,19H2,1H3/b10-9-. The minimum absolute atomic E-state index is 0.713. The van der Waals surface area contributed by atoms with Crippen LogP contribution >= 0.6 is 0 Å². The molecule has 1 nitrogen and oxygen atoms in total. The molecule has 0 saturated carbocycles. The zero-order valence-corrected chi connectivity index (χ0v) is 11.6. The Bertz CT molecular complexity index is 518. The monoisotopic (exact) mass is 251 g/mol. The summed E-state index contributed by atoms with van der Waals surface area (Å²) >= 11 is 0. The van der Waals surface area contributed by atoms with Gasteiger partial charge in [0, 0.05) is 17.7 Å². The molecule has 0 aliphatic heterocycles. The van der Waals surface area contributed by atoms with Crippen LogP contribution in [-0.4, -0.2) is 0 Å². The smallest absolute Gasteiger partial charge is 0.0478 e. The fourth-order valence-electron chi connectivity index (χ4n) is 1.58. The topological polar surface area (TPSA) is 26.0 Å². The predicted octanol–water partition coefficient (Wildman–Crippen LogP) is 4.15. The van der Waals surface area contributed by atoms with Crippen LogP contribution in [0.2, 0.25) is 0 Å². The number of para-hydroxylation sites is 1. The normalized spacial score (nSPS) is 9.53. The maximum atomic E-state index is 5.79. The second kappa shape index (κ2) is 9.86. The summed E-state index contributed by atoms with van der Waals surface area (Å²) in [5.41, 5.74) is 7.36. The van der Waals surface area contributed by atoms with E-state index in [1.807, 2.05) is 24.3 Å². The molecule has 0 fully saturated rings. The molecule has 0 amide bonds. The number of unbranched alkanes of at least 4 members (excludes halogenated alkanes) is 4. The number of rotatable bonds is 4. The van der Waals surface area contributed by atoms with Gasteiger partial charge in [-0.25, -0.2) is 0 Å². The van der Waals surface area contributed by atoms with Gasteiger partial charge in [0.1, 0.15) is 0 Å². The van der Waals surface area contributed by atoms with Crippen molar-refractivity contribution in [3.05, 3.63) is 42.0 Å². The Morgan fingerprint density at radius 2 is 1.84 bits per heavy atom. The summed E-state index contributed by atoms with van der Waals surface area (Å²) in [6, 6.07) is 7.60. The van der Waals surface area contributed by atoms with Crippen molar-refractivity contribution < 1.29 is 0 Å². The summed E-state index contributed by atoms with van der Waals surface area (Å²) in [4.78, 5) is 0. The molecule has 0 aromatic heterocycles. The molecule has 2 N–H and O–H groups in total. The van der Waals surface area contributed by atoms with E-state index in [2.05, 4.69) is 30.6 Å². The van der Waals surface area contributed by atoms with Crippen molar-refractivity contribution in [2.45, 2.75) is 39.0 Å². The van der Waals surface area contributed by atoms with E-state index in [-0.39, 0.29) is 0 Å². The average Bonchev–Trinajstić information content (AvgIpc) is 2.43. The lowest BCUT2D eigenvalue weighted by atomic mass is 10.1. The Morgan fingerprint density at radius 3 is 2.63 bits per heavy atom. The third kappa shape index (κ3) is 7.02. The van der Waals surface area contributed by atoms with E-state index in [1.54, 1.807) is 12.2 Å². The van der Waals surface area contributed by atoms with Crippen LogP contribution in [0.15, 0.2) is 36.4 Å². The van der Waals surface area contributed by atoms with E-state index in [4.69, 9.17) is 5.73 Å². The summed E-state index contributed by atoms with van der Waals surface area (Å²) in [7, 11) is 0. The molecule has 1 aromatic rings. The summed E-state index contributed by atoms with van der Waals surface area (Å²) in [5.74, 6) is 12.1. The molecule has 0 aliphatic carbocycles. The van der Waals surface area contributed by atoms with Gasteiger partial charge in [0.15, 0.2) is 0 Å². The number of nitrogen functional groups attached to an aromatic ring is 1. The molecule has 0 bridgehead atoms. The van der Waals surface area contributed by atoms with Crippen molar-refractivity contribution >= 4 is 5.69 Å². The Balaban J connectivity index is 2.32. The van der Waals surface area contributed by atoms with E-state index in [1.165, 1.54) is 25.7 Å². The number of anilines is 1. The molecule has 1 heteroatoms. The number of nitrogens with two attached hydrogens (primary N) is 1. The Morgan fingerprint density at radius 1 is 1.05 bits per heavy atom. The second-order valence-corrected chi connectivity index (χ2v) is 4.32. The van der Waals surface area contributed by atoms with Gasteiger partial charge in [0.2, 0.25) is 0 Å². The summed E-state index contributed by atoms with van der Waals surface area (Å²) in [6.45, 7) is 2.21. The highest BCUT2D eigenvalue weighted by molar-refractivity contribution is 5.56. The third-order valence-corrected chi connectivity index (χ3v) is 2.68. The molecule has 1 rings (SSSR count). The second-order valence-electron chi connectivity index (χ2n) is 4.32. The fourth-order valence-corrected chi connectivity index (χ4v) is 1.58. The largest absolute Gasteiger partial charge is 0.398 e. The molecule has 0 aliphatic rings. The Labute approximate surface area is 116 Å². The lowest BCUT2D eigenvalue weighted by molar-refractivity contribution is 0.679. The first kappa shape index (κ1) is 14.9. The van der Waals surface area contributed by atoms with Crippen molar-refractivity contribution in [2.75, 3.05) is 5.73 Å². The van der Waals surface area contributed by atoms with Gasteiger partial charge >= 0.3 is 0 Å². The lowest BCUT2D eigenvalue weighted by Crippen LogP contribution is -1.87. The average molecular weight is 251 g/mol. The van der Waals surface area contributed by atoms with Gasteiger partial charge < -0.3 is 5.73 Å². The van der Waals surface area contributed by atoms with E-state index >= 15 is 0 Å². The van der Waals surface area contributed by atoms with Crippen LogP contribution in [0.3, 0.4) is 0 Å². The summed E-state index contributed by atoms with van der Waals surface area (Å²) in [6.07, 6.45) is 9.59. The molecular formula is C18H21N. The first-order chi connectivity index (χ1) is 9.34. The number of hydrogen-bond acceptors (Lipinski definition) is 1. The van der Waals surface area contributed by atoms with E-state index < -0.39 is 0 Å². The van der Waals surface area contributed by atoms with Gasteiger partial charge in [-0.15, -0.1) is 0 Å². The van der Waals surface area contributed by atoms with Crippen LogP contribution in [0.25, 0.3) is 0 Å². The predicted molar refractivity (Wildman–Crippen MR) is 83.4 cm³/mol. The van der Waals surface area contributed by atoms with Crippen molar-refractivity contribution in [1.29, 1.82) is 0 Å². The minimum atomic E-state index is 0.713. The van der Waals surface area contributed by atoms with Gasteiger partial charge in [-0.05, 0) is 30.7 Å². The van der Waals surface area contributed by atoms with E-state index in [0.29, 0.717) is 5.69 Å². The van der Waals surface area contributed by atoms with Gasteiger partial charge in [-0.3, -0.25) is 0 Å². The molecule has 0 radical (unpaired) electrons. The van der Waals surface area contributed by atoms with E-state index in [9.17, 15) is 0 Å². The van der Waals surface area contributed by atoms with Crippen LogP contribution < -0.4 is 5.73 Å². The number of benzene rings is 1. The van der Waals surface area contributed by atoms with Gasteiger partial charge in [0.05, 0.1) is 0 Å². The highest BCUT2D eigenvalue weighted by Crippen LogP contribution is 2.07. The summed E-state index contributed by atoms with van der Waals surface area (Å²) < 4.78 is 0. The molecule has 1 aromatic carbocycles. The SMILES string of the molecule is CCCCCCC#C/C=C\C#Cc1ccccc1N. The van der Waals surface area contributed by atoms with Crippen LogP contribution in [0.4, 0.5) is 5.69 Å². The Kier molecular flexibility index (Phi) is 7.76. The van der Waals surface area contributed by atoms with Crippen LogP contribution in [-0.2, 0) is 0 Å². The molecular weight excluding hydrogens is 230 g/mol. The first-order valence-corrected chi connectivity index (χ1v) is 6.84. The molecule has 0 saturated heterocycles. The van der Waals surface area contributed by atoms with Crippen molar-refractivity contribution in [1.82, 2.24) is 0 Å². The number of allylic oxidation sites excluding steroid dienone is 2. The van der Waals surface area contributed by atoms with Crippen molar-refractivity contribution in [2.24, 2.45) is 0 Å². The van der Waals surface area contributed by atoms with Crippen LogP contribution in [0.1, 0.15) is 44.6 Å². The van der Waals surface area contributed by atoms with Crippen LogP contribution in [0, 0.1) is 23.7 Å². The van der Waals surface area contributed by atoms with Gasteiger partial charge in [0.25, 0.3) is 0 Å². The maximum absolute atomic E-state index is 5.79. The summed E-state index contributed by atoms with van der Waals surface area (Å²) in [5, 5.41) is 0.